The molecule has 0 spiro atoms. The molecule has 132 valence electrons. The van der Waals surface area contributed by atoms with Crippen molar-refractivity contribution in [2.45, 2.75) is 20.3 Å². The Balaban J connectivity index is 1.76. The van der Waals surface area contributed by atoms with Gasteiger partial charge in [-0.25, -0.2) is 4.98 Å². The first-order valence-corrected chi connectivity index (χ1v) is 8.91. The minimum Gasteiger partial charge on any atom is -0.366 e. The third-order valence-corrected chi connectivity index (χ3v) is 4.86. The van der Waals surface area contributed by atoms with Gasteiger partial charge in [0.25, 0.3) is 5.91 Å². The molecule has 0 saturated heterocycles. The maximum atomic E-state index is 12.1. The number of H-pyrrole nitrogens is 1. The third kappa shape index (κ3) is 2.96. The average molecular weight is 346 g/mol. The number of fused-ring (bicyclic) bond motifs is 2. The van der Waals surface area contributed by atoms with Crippen molar-refractivity contribution in [3.05, 3.63) is 59.3 Å². The van der Waals surface area contributed by atoms with Crippen molar-refractivity contribution < 1.29 is 4.79 Å². The van der Waals surface area contributed by atoms with Crippen LogP contribution in [0.25, 0.3) is 22.2 Å². The van der Waals surface area contributed by atoms with E-state index in [2.05, 4.69) is 40.8 Å². The monoisotopic (exact) mass is 346 g/mol. The summed E-state index contributed by atoms with van der Waals surface area (Å²) in [5.74, 6) is 0.839. The molecule has 0 radical (unpaired) electrons. The average Bonchev–Trinajstić information content (AvgIpc) is 3.11. The van der Waals surface area contributed by atoms with Crippen molar-refractivity contribution in [3.8, 4) is 11.3 Å². The van der Waals surface area contributed by atoms with E-state index >= 15 is 0 Å². The number of aromatic amines is 1. The zero-order valence-electron chi connectivity index (χ0n) is 15.0. The number of rotatable bonds is 4. The maximum Gasteiger partial charge on any atom is 0.253 e. The van der Waals surface area contributed by atoms with Gasteiger partial charge >= 0.3 is 0 Å². The summed E-state index contributed by atoms with van der Waals surface area (Å²) in [4.78, 5) is 20.3. The lowest BCUT2D eigenvalue weighted by molar-refractivity contribution is 0.0946. The summed E-state index contributed by atoms with van der Waals surface area (Å²) < 4.78 is 0. The number of allylic oxidation sites excluding steroid dienone is 1. The zero-order chi connectivity index (χ0) is 18.1. The van der Waals surface area contributed by atoms with Gasteiger partial charge in [-0.05, 0) is 32.0 Å². The Kier molecular flexibility index (Phi) is 4.21. The van der Waals surface area contributed by atoms with Crippen LogP contribution in [0.1, 0.15) is 29.9 Å². The number of carbonyl (C=O) groups is 1. The van der Waals surface area contributed by atoms with Crippen LogP contribution in [0.5, 0.6) is 0 Å². The van der Waals surface area contributed by atoms with Crippen molar-refractivity contribution in [1.82, 2.24) is 15.3 Å². The van der Waals surface area contributed by atoms with Gasteiger partial charge in [-0.1, -0.05) is 29.8 Å². The van der Waals surface area contributed by atoms with Gasteiger partial charge in [0.05, 0.1) is 11.1 Å². The molecule has 0 unspecified atom stereocenters. The molecule has 2 aromatic heterocycles. The molecule has 0 aliphatic carbocycles. The van der Waals surface area contributed by atoms with Gasteiger partial charge in [0.15, 0.2) is 0 Å². The van der Waals surface area contributed by atoms with Crippen LogP contribution in [0, 0.1) is 0 Å². The molecule has 1 aromatic carbocycles. The quantitative estimate of drug-likeness (QED) is 0.628. The number of pyridine rings is 1. The van der Waals surface area contributed by atoms with Gasteiger partial charge in [0.1, 0.15) is 5.82 Å². The summed E-state index contributed by atoms with van der Waals surface area (Å²) in [7, 11) is 0. The summed E-state index contributed by atoms with van der Waals surface area (Å²) in [6, 6.07) is 12.1. The molecule has 0 saturated carbocycles. The van der Waals surface area contributed by atoms with Gasteiger partial charge in [0, 0.05) is 41.8 Å². The Hall–Kier alpha value is -3.08. The molecule has 3 aromatic rings. The first-order valence-electron chi connectivity index (χ1n) is 8.91. The lowest BCUT2D eigenvalue weighted by Gasteiger charge is -2.11. The zero-order valence-corrected chi connectivity index (χ0v) is 15.0. The first kappa shape index (κ1) is 16.4. The Morgan fingerprint density at radius 2 is 2.15 bits per heavy atom. The number of nitrogens with zero attached hydrogens (tertiary/aromatic N) is 1. The number of benzene rings is 1. The normalized spacial score (nSPS) is 14.2. The molecule has 5 heteroatoms. The van der Waals surface area contributed by atoms with Gasteiger partial charge in [-0.2, -0.15) is 0 Å². The highest BCUT2D eigenvalue weighted by molar-refractivity contribution is 6.00. The Morgan fingerprint density at radius 1 is 1.27 bits per heavy atom. The summed E-state index contributed by atoms with van der Waals surface area (Å²) >= 11 is 0. The number of amides is 1. The molecule has 5 nitrogen and oxygen atoms in total. The Morgan fingerprint density at radius 3 is 2.96 bits per heavy atom. The predicted molar refractivity (Wildman–Crippen MR) is 105 cm³/mol. The van der Waals surface area contributed by atoms with Crippen LogP contribution in [0.4, 0.5) is 5.82 Å². The first-order chi connectivity index (χ1) is 12.7. The number of para-hydroxylation sites is 1. The Bertz CT molecular complexity index is 1020. The van der Waals surface area contributed by atoms with Crippen LogP contribution in [0.2, 0.25) is 0 Å². The number of hydrogen-bond acceptors (Lipinski definition) is 3. The van der Waals surface area contributed by atoms with Crippen LogP contribution in [-0.4, -0.2) is 29.0 Å². The molecule has 1 aliphatic rings. The topological polar surface area (TPSA) is 69.8 Å². The maximum absolute atomic E-state index is 12.1. The molecule has 4 rings (SSSR count). The van der Waals surface area contributed by atoms with E-state index in [4.69, 9.17) is 4.98 Å². The third-order valence-electron chi connectivity index (χ3n) is 4.86. The molecule has 0 bridgehead atoms. The largest absolute Gasteiger partial charge is 0.366 e. The van der Waals surface area contributed by atoms with E-state index in [0.717, 1.165) is 52.2 Å². The molecule has 3 N–H and O–H groups in total. The lowest BCUT2D eigenvalue weighted by Crippen LogP contribution is -2.31. The summed E-state index contributed by atoms with van der Waals surface area (Å²) in [6.07, 6.45) is 2.92. The smallest absolute Gasteiger partial charge is 0.253 e. The van der Waals surface area contributed by atoms with E-state index in [1.165, 1.54) is 5.57 Å². The van der Waals surface area contributed by atoms with E-state index in [-0.39, 0.29) is 5.91 Å². The highest BCUT2D eigenvalue weighted by atomic mass is 16.1. The summed E-state index contributed by atoms with van der Waals surface area (Å²) in [6.45, 7) is 5.58. The van der Waals surface area contributed by atoms with E-state index in [9.17, 15) is 4.79 Å². The van der Waals surface area contributed by atoms with Crippen LogP contribution < -0.4 is 10.6 Å². The Labute approximate surface area is 152 Å². The minimum atomic E-state index is -0.00821. The second kappa shape index (κ2) is 6.67. The lowest BCUT2D eigenvalue weighted by atomic mass is 10.1. The number of aromatic nitrogens is 2. The van der Waals surface area contributed by atoms with Crippen LogP contribution in [0.15, 0.2) is 48.0 Å². The number of anilines is 1. The van der Waals surface area contributed by atoms with Gasteiger partial charge in [-0.15, -0.1) is 0 Å². The van der Waals surface area contributed by atoms with Crippen molar-refractivity contribution in [1.29, 1.82) is 0 Å². The predicted octanol–water partition coefficient (Wildman–Crippen LogP) is 3.89. The SMILES string of the molecule is CC=C(C)CNc1ccc2cccc(-c3cc4c([nH]3)CCNC4=O)c2n1. The van der Waals surface area contributed by atoms with E-state index in [1.54, 1.807) is 0 Å². The second-order valence-corrected chi connectivity index (χ2v) is 6.64. The van der Waals surface area contributed by atoms with Gasteiger partial charge in [0.2, 0.25) is 0 Å². The number of nitrogens with one attached hydrogen (secondary N) is 3. The molecule has 0 fully saturated rings. The number of hydrogen-bond donors (Lipinski definition) is 3. The fourth-order valence-electron chi connectivity index (χ4n) is 3.23. The van der Waals surface area contributed by atoms with E-state index in [0.29, 0.717) is 6.54 Å². The summed E-state index contributed by atoms with van der Waals surface area (Å²) in [5.41, 5.74) is 5.88. The van der Waals surface area contributed by atoms with Gasteiger partial charge < -0.3 is 15.6 Å². The summed E-state index contributed by atoms with van der Waals surface area (Å²) in [5, 5.41) is 7.34. The van der Waals surface area contributed by atoms with Crippen molar-refractivity contribution in [2.24, 2.45) is 0 Å². The number of carbonyl (C=O) groups excluding carboxylic acids is 1. The fourth-order valence-corrected chi connectivity index (χ4v) is 3.23. The molecular formula is C21H22N4O. The molecule has 3 heterocycles. The van der Waals surface area contributed by atoms with E-state index in [1.807, 2.05) is 31.2 Å². The molecule has 1 amide bonds. The van der Waals surface area contributed by atoms with Gasteiger partial charge in [-0.3, -0.25) is 4.79 Å². The van der Waals surface area contributed by atoms with Crippen molar-refractivity contribution in [3.63, 3.8) is 0 Å². The van der Waals surface area contributed by atoms with Crippen LogP contribution in [-0.2, 0) is 6.42 Å². The standard InChI is InChI=1S/C21H22N4O/c1-3-13(2)12-23-19-8-7-14-5-4-6-15(20(14)25-19)18-11-16-17(24-18)9-10-22-21(16)26/h3-8,11,24H,9-10,12H2,1-2H3,(H,22,26)(H,23,25). The highest BCUT2D eigenvalue weighted by Gasteiger charge is 2.20. The van der Waals surface area contributed by atoms with Crippen LogP contribution in [0.3, 0.4) is 0 Å². The molecule has 0 atom stereocenters. The second-order valence-electron chi connectivity index (χ2n) is 6.64. The molecule has 1 aliphatic heterocycles. The molecular weight excluding hydrogens is 324 g/mol. The minimum absolute atomic E-state index is 0.00821. The molecule has 26 heavy (non-hydrogen) atoms. The highest BCUT2D eigenvalue weighted by Crippen LogP contribution is 2.30. The van der Waals surface area contributed by atoms with E-state index < -0.39 is 0 Å². The van der Waals surface area contributed by atoms with Crippen molar-refractivity contribution >= 4 is 22.6 Å². The van der Waals surface area contributed by atoms with Crippen LogP contribution >= 0.6 is 0 Å². The fraction of sp³-hybridized carbons (Fsp3) is 0.238. The van der Waals surface area contributed by atoms with Crippen molar-refractivity contribution in [2.75, 3.05) is 18.4 Å².